The van der Waals surface area contributed by atoms with Crippen LogP contribution in [0.2, 0.25) is 0 Å². The standard InChI is InChI=1S/C36H51N7O16S/c1-19(17-60)39-33(53)26(15-30(49)50)41-32(52)23(37)16-38-31(51)21(13-20-5-3-2-4-6-20)14-22(45)7-8-24(34(54)55)40-27(46)10-9-25(35(56)57)42-36(58)43-28(59-18-44)11-12-29(47)48/h2-6,18-19,21,23-26,28,60H,7-17,37H2,1H3,(H,38,51)(H,39,53)(H,40,46)(H,41,52)(H,47,48)(H,49,50)(H,54,55)(H,56,57)(H2,42,43,58)/t19-,21-,23+,24+,25+,26?,28-/m1/s1. The number of benzene rings is 1. The molecule has 24 heteroatoms. The van der Waals surface area contributed by atoms with E-state index in [-0.39, 0.29) is 25.1 Å². The van der Waals surface area contributed by atoms with Crippen LogP contribution in [0.1, 0.15) is 63.9 Å². The summed E-state index contributed by atoms with van der Waals surface area (Å²) >= 11 is 4.05. The first-order valence-corrected chi connectivity index (χ1v) is 19.0. The predicted octanol–water partition coefficient (Wildman–Crippen LogP) is -2.11. The molecule has 1 unspecified atom stereocenters. The van der Waals surface area contributed by atoms with Crippen molar-refractivity contribution in [2.75, 3.05) is 12.3 Å². The molecule has 0 radical (unpaired) electrons. The minimum Gasteiger partial charge on any atom is -0.481 e. The van der Waals surface area contributed by atoms with Crippen molar-refractivity contribution >= 4 is 78.4 Å². The fourth-order valence-corrected chi connectivity index (χ4v) is 5.33. The van der Waals surface area contributed by atoms with Gasteiger partial charge in [0.2, 0.25) is 23.6 Å². The van der Waals surface area contributed by atoms with Crippen molar-refractivity contribution in [3.05, 3.63) is 35.9 Å². The molecule has 0 fully saturated rings. The topological polar surface area (TPSA) is 376 Å². The lowest BCUT2D eigenvalue weighted by Crippen LogP contribution is -2.56. The van der Waals surface area contributed by atoms with Gasteiger partial charge in [0.25, 0.3) is 6.47 Å². The number of carboxylic acid groups (broad SMARTS) is 4. The maximum Gasteiger partial charge on any atom is 0.326 e. The third-order valence-corrected chi connectivity index (χ3v) is 8.97. The Bertz CT molecular complexity index is 1680. The van der Waals surface area contributed by atoms with Crippen molar-refractivity contribution < 1.29 is 77.9 Å². The van der Waals surface area contributed by atoms with Crippen LogP contribution in [-0.2, 0) is 59.1 Å². The lowest BCUT2D eigenvalue weighted by atomic mass is 9.91. The molecule has 0 saturated carbocycles. The van der Waals surface area contributed by atoms with Crippen LogP contribution in [-0.4, -0.2) is 135 Å². The van der Waals surface area contributed by atoms with Crippen LogP contribution in [0.15, 0.2) is 30.3 Å². The number of carbonyl (C=O) groups excluding carboxylic acids is 7. The normalized spacial score (nSPS) is 14.2. The van der Waals surface area contributed by atoms with Gasteiger partial charge in [-0.25, -0.2) is 14.4 Å². The second-order valence-electron chi connectivity index (χ2n) is 13.4. The molecule has 0 aliphatic carbocycles. The van der Waals surface area contributed by atoms with Crippen molar-refractivity contribution in [2.24, 2.45) is 11.7 Å². The summed E-state index contributed by atoms with van der Waals surface area (Å²) in [5.41, 5.74) is 6.59. The monoisotopic (exact) mass is 869 g/mol. The van der Waals surface area contributed by atoms with Crippen LogP contribution >= 0.6 is 12.6 Å². The maximum absolute atomic E-state index is 13.3. The van der Waals surface area contributed by atoms with E-state index in [1.807, 2.05) is 5.32 Å². The first-order chi connectivity index (χ1) is 28.2. The fourth-order valence-electron chi connectivity index (χ4n) is 5.24. The molecule has 1 aromatic carbocycles. The van der Waals surface area contributed by atoms with Crippen LogP contribution in [0.4, 0.5) is 4.79 Å². The van der Waals surface area contributed by atoms with Gasteiger partial charge in [-0.15, -0.1) is 0 Å². The van der Waals surface area contributed by atoms with Crippen molar-refractivity contribution in [3.8, 4) is 0 Å². The summed E-state index contributed by atoms with van der Waals surface area (Å²) in [7, 11) is 0. The summed E-state index contributed by atoms with van der Waals surface area (Å²) in [4.78, 5) is 133. The summed E-state index contributed by atoms with van der Waals surface area (Å²) in [5.74, 6) is -10.5. The largest absolute Gasteiger partial charge is 0.481 e. The van der Waals surface area contributed by atoms with Gasteiger partial charge in [0.15, 0.2) is 6.23 Å². The molecule has 0 aliphatic rings. The number of rotatable bonds is 30. The molecular formula is C36H51N7O16S. The van der Waals surface area contributed by atoms with Gasteiger partial charge in [-0.3, -0.25) is 38.4 Å². The second kappa shape index (κ2) is 27.4. The van der Waals surface area contributed by atoms with E-state index in [9.17, 15) is 68.1 Å². The van der Waals surface area contributed by atoms with Crippen molar-refractivity contribution in [1.82, 2.24) is 31.9 Å². The number of urea groups is 1. The Kier molecular flexibility index (Phi) is 23.6. The number of hydrogen-bond acceptors (Lipinski definition) is 14. The molecule has 1 aromatic rings. The van der Waals surface area contributed by atoms with Crippen LogP contribution in [0.3, 0.4) is 0 Å². The van der Waals surface area contributed by atoms with Crippen molar-refractivity contribution in [1.29, 1.82) is 0 Å². The van der Waals surface area contributed by atoms with E-state index in [1.54, 1.807) is 37.3 Å². The number of carbonyl (C=O) groups is 11. The zero-order valence-corrected chi connectivity index (χ0v) is 33.4. The highest BCUT2D eigenvalue weighted by molar-refractivity contribution is 7.80. The Morgan fingerprint density at radius 3 is 1.90 bits per heavy atom. The molecule has 12 N–H and O–H groups in total. The smallest absolute Gasteiger partial charge is 0.326 e. The molecular weight excluding hydrogens is 818 g/mol. The van der Waals surface area contributed by atoms with Crippen molar-refractivity contribution in [2.45, 2.75) is 101 Å². The number of thiol groups is 1. The average Bonchev–Trinajstić information content (AvgIpc) is 3.18. The number of carboxylic acids is 4. The summed E-state index contributed by atoms with van der Waals surface area (Å²) in [5, 5.41) is 50.7. The molecule has 23 nitrogen and oxygen atoms in total. The Morgan fingerprint density at radius 1 is 0.717 bits per heavy atom. The van der Waals surface area contributed by atoms with Crippen LogP contribution in [0, 0.1) is 5.92 Å². The number of ketones is 1. The highest BCUT2D eigenvalue weighted by Gasteiger charge is 2.30. The van der Waals surface area contributed by atoms with Gasteiger partial charge >= 0.3 is 29.9 Å². The molecule has 0 aromatic heterocycles. The SMILES string of the molecule is C[C@H](CS)NC(=O)C(CC(=O)O)NC(=O)[C@@H](N)CNC(=O)[C@@H](CC(=O)CC[C@H](NC(=O)CC[C@H](NC(=O)N[C@@H](CCC(=O)O)OC=O)C(=O)O)C(=O)O)Cc1ccccc1. The third kappa shape index (κ3) is 21.5. The minimum absolute atomic E-state index is 0.0348. The quantitative estimate of drug-likeness (QED) is 0.0224. The van der Waals surface area contributed by atoms with Gasteiger partial charge < -0.3 is 62.8 Å². The molecule has 0 aliphatic heterocycles. The van der Waals surface area contributed by atoms with E-state index in [0.29, 0.717) is 5.56 Å². The van der Waals surface area contributed by atoms with Gasteiger partial charge in [0, 0.05) is 49.9 Å². The number of aliphatic carboxylic acids is 4. The lowest BCUT2D eigenvalue weighted by molar-refractivity contribution is -0.143. The molecule has 0 bridgehead atoms. The van der Waals surface area contributed by atoms with Crippen molar-refractivity contribution in [3.63, 3.8) is 0 Å². The fraction of sp³-hybridized carbons (Fsp3) is 0.528. The van der Waals surface area contributed by atoms with Gasteiger partial charge in [-0.2, -0.15) is 12.6 Å². The van der Waals surface area contributed by atoms with E-state index in [4.69, 9.17) is 10.8 Å². The predicted molar refractivity (Wildman–Crippen MR) is 209 cm³/mol. The Balaban J connectivity index is 2.88. The van der Waals surface area contributed by atoms with E-state index >= 15 is 0 Å². The van der Waals surface area contributed by atoms with E-state index in [0.717, 1.165) is 0 Å². The molecule has 0 heterocycles. The number of hydrogen-bond donors (Lipinski definition) is 12. The third-order valence-electron chi connectivity index (χ3n) is 8.42. The summed E-state index contributed by atoms with van der Waals surface area (Å²) in [6.07, 6.45) is -5.38. The molecule has 6 amide bonds. The second-order valence-corrected chi connectivity index (χ2v) is 13.8. The number of Topliss-reactive ketones (excluding diaryl/α,β-unsaturated/α-hetero) is 1. The van der Waals surface area contributed by atoms with E-state index in [2.05, 4.69) is 43.9 Å². The first kappa shape index (κ1) is 51.7. The molecule has 332 valence electrons. The van der Waals surface area contributed by atoms with Crippen LogP contribution in [0.5, 0.6) is 0 Å². The van der Waals surface area contributed by atoms with Gasteiger partial charge in [0.1, 0.15) is 30.0 Å². The highest BCUT2D eigenvalue weighted by atomic mass is 32.1. The highest BCUT2D eigenvalue weighted by Crippen LogP contribution is 2.16. The minimum atomic E-state index is -1.69. The van der Waals surface area contributed by atoms with E-state index < -0.39 is 153 Å². The van der Waals surface area contributed by atoms with Gasteiger partial charge in [-0.1, -0.05) is 30.3 Å². The zero-order chi connectivity index (χ0) is 45.4. The van der Waals surface area contributed by atoms with Crippen LogP contribution in [0.25, 0.3) is 0 Å². The lowest BCUT2D eigenvalue weighted by Gasteiger charge is -2.22. The maximum atomic E-state index is 13.3. The van der Waals surface area contributed by atoms with Gasteiger partial charge in [-0.05, 0) is 31.7 Å². The summed E-state index contributed by atoms with van der Waals surface area (Å²) in [6.45, 7) is 1.08. The Hall–Kier alpha value is -6.30. The number of nitrogens with two attached hydrogens (primary N) is 1. The summed E-state index contributed by atoms with van der Waals surface area (Å²) < 4.78 is 4.56. The first-order valence-electron chi connectivity index (χ1n) is 18.4. The molecule has 0 spiro atoms. The average molecular weight is 870 g/mol. The zero-order valence-electron chi connectivity index (χ0n) is 32.5. The number of nitrogens with one attached hydrogen (secondary N) is 6. The Labute approximate surface area is 348 Å². The number of amides is 6. The molecule has 60 heavy (non-hydrogen) atoms. The summed E-state index contributed by atoms with van der Waals surface area (Å²) in [6, 6.07) is 0.651. The molecule has 7 atom stereocenters. The molecule has 1 rings (SSSR count). The van der Waals surface area contributed by atoms with Gasteiger partial charge in [0.05, 0.1) is 12.8 Å². The molecule has 0 saturated heterocycles. The Morgan fingerprint density at radius 2 is 1.33 bits per heavy atom. The number of ether oxygens (including phenoxy) is 1. The van der Waals surface area contributed by atoms with Crippen LogP contribution < -0.4 is 37.6 Å². The van der Waals surface area contributed by atoms with E-state index in [1.165, 1.54) is 0 Å².